The maximum atomic E-state index is 12.6. The zero-order chi connectivity index (χ0) is 17.8. The smallest absolute Gasteiger partial charge is 0.282 e. The van der Waals surface area contributed by atoms with Crippen LogP contribution < -0.4 is 5.32 Å². The van der Waals surface area contributed by atoms with Crippen molar-refractivity contribution in [1.82, 2.24) is 4.90 Å². The van der Waals surface area contributed by atoms with Gasteiger partial charge in [-0.1, -0.05) is 12.8 Å². The molecule has 1 saturated carbocycles. The van der Waals surface area contributed by atoms with E-state index in [4.69, 9.17) is 0 Å². The molecule has 1 aliphatic carbocycles. The van der Waals surface area contributed by atoms with Crippen LogP contribution in [0.15, 0.2) is 18.2 Å². The second-order valence-electron chi connectivity index (χ2n) is 6.98. The molecule has 1 amide bonds. The number of nitrogens with zero attached hydrogens (tertiary/aromatic N) is 2. The van der Waals surface area contributed by atoms with Crippen LogP contribution in [-0.4, -0.2) is 46.6 Å². The number of carbonyl (C=O) groups excluding carboxylic acids is 1. The average molecular weight is 347 g/mol. The fourth-order valence-corrected chi connectivity index (χ4v) is 3.80. The number of benzene rings is 1. The highest BCUT2D eigenvalue weighted by atomic mass is 16.6. The predicted molar refractivity (Wildman–Crippen MR) is 94.7 cm³/mol. The molecular formula is C18H25N3O4. The van der Waals surface area contributed by atoms with Crippen molar-refractivity contribution < 1.29 is 14.8 Å². The molecule has 1 aliphatic heterocycles. The van der Waals surface area contributed by atoms with Crippen LogP contribution in [0, 0.1) is 16.0 Å². The summed E-state index contributed by atoms with van der Waals surface area (Å²) >= 11 is 0. The third-order valence-electron chi connectivity index (χ3n) is 5.28. The topological polar surface area (TPSA) is 95.7 Å². The summed E-state index contributed by atoms with van der Waals surface area (Å²) in [4.78, 5) is 25.0. The van der Waals surface area contributed by atoms with Gasteiger partial charge in [0.15, 0.2) is 0 Å². The number of hydrogen-bond acceptors (Lipinski definition) is 5. The van der Waals surface area contributed by atoms with Crippen molar-refractivity contribution in [3.63, 3.8) is 0 Å². The Kier molecular flexibility index (Phi) is 5.53. The van der Waals surface area contributed by atoms with E-state index in [2.05, 4.69) is 5.32 Å². The molecule has 0 radical (unpaired) electrons. The lowest BCUT2D eigenvalue weighted by Gasteiger charge is -2.19. The quantitative estimate of drug-likeness (QED) is 0.609. The Morgan fingerprint density at radius 3 is 2.60 bits per heavy atom. The van der Waals surface area contributed by atoms with Crippen LogP contribution in [0.1, 0.15) is 48.9 Å². The summed E-state index contributed by atoms with van der Waals surface area (Å²) in [5, 5.41) is 24.7. The molecule has 0 aromatic heterocycles. The highest BCUT2D eigenvalue weighted by Crippen LogP contribution is 2.29. The van der Waals surface area contributed by atoms with Crippen molar-refractivity contribution in [3.8, 4) is 0 Å². The van der Waals surface area contributed by atoms with Gasteiger partial charge in [-0.3, -0.25) is 14.9 Å². The number of anilines is 1. The Labute approximate surface area is 147 Å². The fraction of sp³-hybridized carbons (Fsp3) is 0.611. The van der Waals surface area contributed by atoms with E-state index >= 15 is 0 Å². The number of hydrogen-bond donors (Lipinski definition) is 2. The Balaban J connectivity index is 1.72. The lowest BCUT2D eigenvalue weighted by Crippen LogP contribution is -2.29. The van der Waals surface area contributed by atoms with Crippen molar-refractivity contribution in [2.24, 2.45) is 5.92 Å². The molecule has 2 N–H and O–H groups in total. The largest absolute Gasteiger partial charge is 0.391 e. The molecule has 25 heavy (non-hydrogen) atoms. The minimum atomic E-state index is -0.513. The first-order valence-electron chi connectivity index (χ1n) is 9.06. The molecular weight excluding hydrogens is 322 g/mol. The van der Waals surface area contributed by atoms with Gasteiger partial charge in [-0.2, -0.15) is 0 Å². The summed E-state index contributed by atoms with van der Waals surface area (Å²) in [6.07, 6.45) is 5.84. The maximum Gasteiger partial charge on any atom is 0.282 e. The molecule has 136 valence electrons. The van der Waals surface area contributed by atoms with Crippen molar-refractivity contribution in [1.29, 1.82) is 0 Å². The molecule has 1 aromatic rings. The van der Waals surface area contributed by atoms with Crippen LogP contribution in [0.5, 0.6) is 0 Å². The van der Waals surface area contributed by atoms with Gasteiger partial charge < -0.3 is 15.3 Å². The molecule has 7 nitrogen and oxygen atoms in total. The third kappa shape index (κ3) is 4.10. The van der Waals surface area contributed by atoms with Gasteiger partial charge in [-0.15, -0.1) is 0 Å². The Morgan fingerprint density at radius 1 is 1.28 bits per heavy atom. The number of aliphatic hydroxyl groups excluding tert-OH is 1. The number of nitro benzene ring substituents is 1. The molecule has 2 fully saturated rings. The molecule has 7 heteroatoms. The Bertz CT molecular complexity index is 637. The number of nitro groups is 1. The molecule has 1 atom stereocenters. The van der Waals surface area contributed by atoms with Gasteiger partial charge in [-0.25, -0.2) is 0 Å². The molecule has 1 saturated heterocycles. The van der Waals surface area contributed by atoms with Crippen molar-refractivity contribution in [2.75, 3.05) is 25.0 Å². The third-order valence-corrected chi connectivity index (χ3v) is 5.28. The van der Waals surface area contributed by atoms with E-state index in [1.54, 1.807) is 17.0 Å². The summed E-state index contributed by atoms with van der Waals surface area (Å²) < 4.78 is 0. The van der Waals surface area contributed by atoms with Crippen LogP contribution in [0.3, 0.4) is 0 Å². The first-order chi connectivity index (χ1) is 12.1. The number of rotatable bonds is 6. The second kappa shape index (κ2) is 7.82. The van der Waals surface area contributed by atoms with Crippen molar-refractivity contribution in [2.45, 2.75) is 44.6 Å². The molecule has 3 rings (SSSR count). The number of carbonyl (C=O) groups is 1. The monoisotopic (exact) mass is 347 g/mol. The lowest BCUT2D eigenvalue weighted by molar-refractivity contribution is -0.385. The van der Waals surface area contributed by atoms with Crippen LogP contribution >= 0.6 is 0 Å². The number of amides is 1. The summed E-state index contributed by atoms with van der Waals surface area (Å²) in [6.45, 7) is 1.68. The van der Waals surface area contributed by atoms with Crippen molar-refractivity contribution >= 4 is 17.3 Å². The first kappa shape index (κ1) is 17.7. The minimum absolute atomic E-state index is 0.118. The molecule has 1 heterocycles. The SMILES string of the molecule is O=C(c1cc(NCC(O)C2CCCC2)ccc1[N+](=O)[O-])N1CCCC1. The highest BCUT2D eigenvalue weighted by molar-refractivity contribution is 5.99. The first-order valence-corrected chi connectivity index (χ1v) is 9.06. The summed E-state index contributed by atoms with van der Waals surface area (Å²) in [6, 6.07) is 4.51. The highest BCUT2D eigenvalue weighted by Gasteiger charge is 2.27. The van der Waals surface area contributed by atoms with E-state index in [1.165, 1.54) is 6.07 Å². The summed E-state index contributed by atoms with van der Waals surface area (Å²) in [5.74, 6) is 0.0282. The number of aliphatic hydroxyl groups is 1. The van der Waals surface area contributed by atoms with E-state index < -0.39 is 11.0 Å². The van der Waals surface area contributed by atoms with Gasteiger partial charge >= 0.3 is 0 Å². The van der Waals surface area contributed by atoms with E-state index in [0.29, 0.717) is 31.2 Å². The maximum absolute atomic E-state index is 12.6. The van der Waals surface area contributed by atoms with Gasteiger partial charge in [0.2, 0.25) is 0 Å². The van der Waals surface area contributed by atoms with Crippen LogP contribution in [0.25, 0.3) is 0 Å². The van der Waals surface area contributed by atoms with Crippen molar-refractivity contribution in [3.05, 3.63) is 33.9 Å². The van der Waals surface area contributed by atoms with E-state index in [1.807, 2.05) is 0 Å². The van der Waals surface area contributed by atoms with Gasteiger partial charge in [-0.05, 0) is 43.7 Å². The summed E-state index contributed by atoms with van der Waals surface area (Å²) in [7, 11) is 0. The van der Waals surface area contributed by atoms with Crippen LogP contribution in [-0.2, 0) is 0 Å². The van der Waals surface area contributed by atoms with E-state index in [0.717, 1.165) is 38.5 Å². The normalized spacial score (nSPS) is 19.2. The predicted octanol–water partition coefficient (Wildman–Crippen LogP) is 2.79. The van der Waals surface area contributed by atoms with Gasteiger partial charge in [0, 0.05) is 31.4 Å². The number of likely N-dealkylation sites (tertiary alicyclic amines) is 1. The molecule has 2 aliphatic rings. The van der Waals surface area contributed by atoms with E-state index in [-0.39, 0.29) is 17.2 Å². The molecule has 0 spiro atoms. The van der Waals surface area contributed by atoms with Crippen LogP contribution in [0.2, 0.25) is 0 Å². The second-order valence-corrected chi connectivity index (χ2v) is 6.98. The fourth-order valence-electron chi connectivity index (χ4n) is 3.80. The standard InChI is InChI=1S/C18H25N3O4/c22-17(13-5-1-2-6-13)12-19-14-7-8-16(21(24)25)15(11-14)18(23)20-9-3-4-10-20/h7-8,11,13,17,19,22H,1-6,9-10,12H2. The molecule has 1 aromatic carbocycles. The zero-order valence-electron chi connectivity index (χ0n) is 14.3. The number of nitrogens with one attached hydrogen (secondary N) is 1. The molecule has 0 bridgehead atoms. The van der Waals surface area contributed by atoms with Gasteiger partial charge in [0.25, 0.3) is 11.6 Å². The van der Waals surface area contributed by atoms with Crippen LogP contribution in [0.4, 0.5) is 11.4 Å². The van der Waals surface area contributed by atoms with Gasteiger partial charge in [0.05, 0.1) is 11.0 Å². The zero-order valence-corrected chi connectivity index (χ0v) is 14.3. The lowest BCUT2D eigenvalue weighted by atomic mass is 10.0. The Hall–Kier alpha value is -2.15. The van der Waals surface area contributed by atoms with Gasteiger partial charge in [0.1, 0.15) is 5.56 Å². The van der Waals surface area contributed by atoms with E-state index in [9.17, 15) is 20.0 Å². The molecule has 1 unspecified atom stereocenters. The summed E-state index contributed by atoms with van der Waals surface area (Å²) in [5.41, 5.74) is 0.580. The Morgan fingerprint density at radius 2 is 1.96 bits per heavy atom. The average Bonchev–Trinajstić information content (AvgIpc) is 3.32. The minimum Gasteiger partial charge on any atom is -0.391 e.